The van der Waals surface area contributed by atoms with Crippen molar-refractivity contribution in [2.75, 3.05) is 19.6 Å². The minimum Gasteiger partial charge on any atom is -0.303 e. The maximum absolute atomic E-state index is 10.4. The Bertz CT molecular complexity index is 135. The third-order valence-corrected chi connectivity index (χ3v) is 2.26. The van der Waals surface area contributed by atoms with Crippen LogP contribution in [-0.2, 0) is 4.79 Å². The minimum atomic E-state index is -0.212. The molecule has 12 heavy (non-hydrogen) atoms. The van der Waals surface area contributed by atoms with E-state index in [-0.39, 0.29) is 17.6 Å². The van der Waals surface area contributed by atoms with Crippen molar-refractivity contribution in [1.29, 1.82) is 0 Å². The molecule has 1 heterocycles. The molecule has 1 saturated heterocycles. The van der Waals surface area contributed by atoms with Crippen LogP contribution >= 0.6 is 24.0 Å². The van der Waals surface area contributed by atoms with E-state index in [1.54, 1.807) is 0 Å². The highest BCUT2D eigenvalue weighted by molar-refractivity contribution is 6.63. The molecule has 0 aromatic heterocycles. The molecule has 0 atom stereocenters. The van der Waals surface area contributed by atoms with Crippen LogP contribution in [0.3, 0.4) is 0 Å². The quantitative estimate of drug-likeness (QED) is 0.667. The molecule has 1 rings (SSSR count). The number of likely N-dealkylation sites (tertiary alicyclic amines) is 1. The van der Waals surface area contributed by atoms with Crippen molar-refractivity contribution in [2.45, 2.75) is 25.7 Å². The summed E-state index contributed by atoms with van der Waals surface area (Å²) in [5.74, 6) is 0. The molecule has 0 amide bonds. The summed E-state index contributed by atoms with van der Waals surface area (Å²) < 4.78 is 0. The van der Waals surface area contributed by atoms with Gasteiger partial charge in [0.1, 0.15) is 0 Å². The van der Waals surface area contributed by atoms with Gasteiger partial charge in [-0.2, -0.15) is 0 Å². The lowest BCUT2D eigenvalue weighted by molar-refractivity contribution is -0.112. The molecule has 0 N–H and O–H groups in total. The van der Waals surface area contributed by atoms with E-state index >= 15 is 0 Å². The zero-order valence-electron chi connectivity index (χ0n) is 7.09. The summed E-state index contributed by atoms with van der Waals surface area (Å²) in [5, 5.41) is -0.212. The van der Waals surface area contributed by atoms with Crippen LogP contribution < -0.4 is 0 Å². The predicted octanol–water partition coefficient (Wildman–Crippen LogP) is 2.05. The summed E-state index contributed by atoms with van der Waals surface area (Å²) in [6.45, 7) is 3.14. The lowest BCUT2D eigenvalue weighted by atomic mass is 10.1. The zero-order valence-corrected chi connectivity index (χ0v) is 8.66. The predicted molar refractivity (Wildman–Crippen MR) is 53.0 cm³/mol. The molecule has 4 heteroatoms. The van der Waals surface area contributed by atoms with Gasteiger partial charge >= 0.3 is 0 Å². The smallest absolute Gasteiger partial charge is 0.222 e. The lowest BCUT2D eigenvalue weighted by Gasteiger charge is -2.25. The van der Waals surface area contributed by atoms with Crippen LogP contribution in [0.1, 0.15) is 25.7 Å². The van der Waals surface area contributed by atoms with Crippen molar-refractivity contribution in [3.8, 4) is 0 Å². The minimum absolute atomic E-state index is 0. The average molecular weight is 212 g/mol. The molecule has 1 aliphatic heterocycles. The van der Waals surface area contributed by atoms with Gasteiger partial charge in [0.15, 0.2) is 0 Å². The standard InChI is InChI=1S/C8H14ClNO.ClH/c9-8(11)4-7-10-5-2-1-3-6-10;/h1-7H2;1H. The molecular weight excluding hydrogens is 197 g/mol. The molecule has 72 valence electrons. The summed E-state index contributed by atoms with van der Waals surface area (Å²) in [6.07, 6.45) is 4.39. The Morgan fingerprint density at radius 1 is 1.25 bits per heavy atom. The van der Waals surface area contributed by atoms with Crippen molar-refractivity contribution >= 4 is 29.3 Å². The lowest BCUT2D eigenvalue weighted by Crippen LogP contribution is -2.31. The summed E-state index contributed by atoms with van der Waals surface area (Å²) in [5.41, 5.74) is 0. The molecule has 1 aliphatic rings. The Balaban J connectivity index is 0.00000121. The van der Waals surface area contributed by atoms with Crippen molar-refractivity contribution in [1.82, 2.24) is 4.90 Å². The first-order chi connectivity index (χ1) is 5.29. The molecule has 0 saturated carbocycles. The number of nitrogens with zero attached hydrogens (tertiary/aromatic N) is 1. The topological polar surface area (TPSA) is 20.3 Å². The van der Waals surface area contributed by atoms with E-state index < -0.39 is 0 Å². The van der Waals surface area contributed by atoms with Crippen LogP contribution in [-0.4, -0.2) is 29.8 Å². The molecule has 2 nitrogen and oxygen atoms in total. The Labute approximate surface area is 84.7 Å². The Morgan fingerprint density at radius 3 is 2.33 bits per heavy atom. The summed E-state index contributed by atoms with van der Waals surface area (Å²) in [7, 11) is 0. The first kappa shape index (κ1) is 12.2. The molecule has 0 aromatic carbocycles. The Hall–Kier alpha value is 0.210. The van der Waals surface area contributed by atoms with E-state index in [1.807, 2.05) is 0 Å². The van der Waals surface area contributed by atoms with E-state index in [0.717, 1.165) is 19.6 Å². The van der Waals surface area contributed by atoms with Gasteiger partial charge in [0.05, 0.1) is 0 Å². The van der Waals surface area contributed by atoms with E-state index in [1.165, 1.54) is 19.3 Å². The van der Waals surface area contributed by atoms with Crippen LogP contribution in [0.4, 0.5) is 0 Å². The van der Waals surface area contributed by atoms with Gasteiger partial charge in [-0.3, -0.25) is 4.79 Å². The summed E-state index contributed by atoms with van der Waals surface area (Å²) in [6, 6.07) is 0. The summed E-state index contributed by atoms with van der Waals surface area (Å²) in [4.78, 5) is 12.7. The number of halogens is 2. The van der Waals surface area contributed by atoms with Gasteiger partial charge < -0.3 is 4.90 Å². The van der Waals surface area contributed by atoms with Gasteiger partial charge in [0.2, 0.25) is 5.24 Å². The molecule has 0 unspecified atom stereocenters. The molecule has 1 fully saturated rings. The van der Waals surface area contributed by atoms with Gasteiger partial charge in [-0.1, -0.05) is 6.42 Å². The second kappa shape index (κ2) is 6.70. The van der Waals surface area contributed by atoms with Crippen LogP contribution in [0.5, 0.6) is 0 Å². The monoisotopic (exact) mass is 211 g/mol. The largest absolute Gasteiger partial charge is 0.303 e. The summed E-state index contributed by atoms with van der Waals surface area (Å²) >= 11 is 5.23. The normalized spacial score (nSPS) is 18.4. The van der Waals surface area contributed by atoms with E-state index in [0.29, 0.717) is 6.42 Å². The van der Waals surface area contributed by atoms with E-state index in [9.17, 15) is 4.79 Å². The van der Waals surface area contributed by atoms with Crippen LogP contribution in [0.2, 0.25) is 0 Å². The molecular formula is C8H15Cl2NO. The van der Waals surface area contributed by atoms with E-state index in [2.05, 4.69) is 4.90 Å². The molecule has 0 spiro atoms. The van der Waals surface area contributed by atoms with Crippen molar-refractivity contribution in [2.24, 2.45) is 0 Å². The van der Waals surface area contributed by atoms with Gasteiger partial charge in [-0.25, -0.2) is 0 Å². The second-order valence-electron chi connectivity index (χ2n) is 3.01. The molecule has 0 radical (unpaired) electrons. The third-order valence-electron chi connectivity index (χ3n) is 2.07. The maximum Gasteiger partial charge on any atom is 0.222 e. The molecule has 0 bridgehead atoms. The second-order valence-corrected chi connectivity index (χ2v) is 3.43. The van der Waals surface area contributed by atoms with Crippen molar-refractivity contribution in [3.63, 3.8) is 0 Å². The third kappa shape index (κ3) is 4.96. The first-order valence-corrected chi connectivity index (χ1v) is 4.57. The van der Waals surface area contributed by atoms with Crippen LogP contribution in [0, 0.1) is 0 Å². The Kier molecular flexibility index (Phi) is 6.81. The fraction of sp³-hybridized carbons (Fsp3) is 0.875. The van der Waals surface area contributed by atoms with Crippen molar-refractivity contribution in [3.05, 3.63) is 0 Å². The maximum atomic E-state index is 10.4. The van der Waals surface area contributed by atoms with Crippen molar-refractivity contribution < 1.29 is 4.79 Å². The van der Waals surface area contributed by atoms with Gasteiger partial charge in [-0.05, 0) is 37.5 Å². The van der Waals surface area contributed by atoms with E-state index in [4.69, 9.17) is 11.6 Å². The molecule has 0 aliphatic carbocycles. The highest BCUT2D eigenvalue weighted by atomic mass is 35.5. The Morgan fingerprint density at radius 2 is 1.83 bits per heavy atom. The highest BCUT2D eigenvalue weighted by Crippen LogP contribution is 2.08. The number of piperidine rings is 1. The number of rotatable bonds is 3. The first-order valence-electron chi connectivity index (χ1n) is 4.20. The highest BCUT2D eigenvalue weighted by Gasteiger charge is 2.10. The van der Waals surface area contributed by atoms with Crippen LogP contribution in [0.25, 0.3) is 0 Å². The van der Waals surface area contributed by atoms with Gasteiger partial charge in [-0.15, -0.1) is 12.4 Å². The number of carbonyl (C=O) groups is 1. The van der Waals surface area contributed by atoms with Gasteiger partial charge in [0, 0.05) is 13.0 Å². The zero-order chi connectivity index (χ0) is 8.10. The number of carbonyl (C=O) groups excluding carboxylic acids is 1. The number of hydrogen-bond acceptors (Lipinski definition) is 2. The molecule has 0 aromatic rings. The van der Waals surface area contributed by atoms with Gasteiger partial charge in [0.25, 0.3) is 0 Å². The fourth-order valence-electron chi connectivity index (χ4n) is 1.43. The fourth-order valence-corrected chi connectivity index (χ4v) is 1.51. The number of hydrogen-bond donors (Lipinski definition) is 0. The SMILES string of the molecule is Cl.O=C(Cl)CCN1CCCCC1. The van der Waals surface area contributed by atoms with Crippen LogP contribution in [0.15, 0.2) is 0 Å². The average Bonchev–Trinajstić information content (AvgIpc) is 2.03.